The molecule has 0 aromatic carbocycles. The van der Waals surface area contributed by atoms with Gasteiger partial charge in [-0.05, 0) is 12.8 Å². The van der Waals surface area contributed by atoms with Crippen molar-refractivity contribution in [2.45, 2.75) is 12.8 Å². The number of hydrogen-bond donors (Lipinski definition) is 3. The zero-order valence-electron chi connectivity index (χ0n) is 11.0. The summed E-state index contributed by atoms with van der Waals surface area (Å²) >= 11 is 0. The van der Waals surface area contributed by atoms with Gasteiger partial charge in [-0.15, -0.1) is 0 Å². The predicted molar refractivity (Wildman–Crippen MR) is 73.3 cm³/mol. The molecule has 0 fully saturated rings. The molecule has 0 radical (unpaired) electrons. The molecule has 2 unspecified atom stereocenters. The number of nitrogens with zero attached hydrogens (tertiary/aromatic N) is 3. The fourth-order valence-electron chi connectivity index (χ4n) is 2.45. The minimum Gasteiger partial charge on any atom is -0.481 e. The average molecular weight is 287 g/mol. The van der Waals surface area contributed by atoms with E-state index in [-0.39, 0.29) is 5.91 Å². The van der Waals surface area contributed by atoms with Crippen LogP contribution in [0.3, 0.4) is 0 Å². The first-order chi connectivity index (χ1) is 10.2. The van der Waals surface area contributed by atoms with Crippen LogP contribution in [0.4, 0.5) is 5.82 Å². The van der Waals surface area contributed by atoms with Crippen LogP contribution in [0.2, 0.25) is 0 Å². The maximum atomic E-state index is 12.3. The molecular formula is C13H13N5O3. The van der Waals surface area contributed by atoms with Crippen molar-refractivity contribution in [3.05, 3.63) is 24.8 Å². The van der Waals surface area contributed by atoms with Crippen LogP contribution in [-0.2, 0) is 9.59 Å². The normalized spacial score (nSPS) is 21.3. The summed E-state index contributed by atoms with van der Waals surface area (Å²) < 4.78 is 0. The zero-order valence-corrected chi connectivity index (χ0v) is 11.0. The highest BCUT2D eigenvalue weighted by atomic mass is 16.4. The van der Waals surface area contributed by atoms with Crippen LogP contribution in [0.5, 0.6) is 0 Å². The molecule has 0 bridgehead atoms. The van der Waals surface area contributed by atoms with Gasteiger partial charge in [0.2, 0.25) is 5.91 Å². The Morgan fingerprint density at radius 1 is 1.19 bits per heavy atom. The van der Waals surface area contributed by atoms with Crippen LogP contribution in [0, 0.1) is 11.8 Å². The number of anilines is 1. The third-order valence-corrected chi connectivity index (χ3v) is 3.55. The van der Waals surface area contributed by atoms with Gasteiger partial charge >= 0.3 is 5.97 Å². The summed E-state index contributed by atoms with van der Waals surface area (Å²) in [6.45, 7) is 0. The molecule has 0 saturated carbocycles. The van der Waals surface area contributed by atoms with E-state index >= 15 is 0 Å². The second-order valence-electron chi connectivity index (χ2n) is 4.81. The van der Waals surface area contributed by atoms with Gasteiger partial charge in [0.1, 0.15) is 11.8 Å². The van der Waals surface area contributed by atoms with Crippen LogP contribution in [0.25, 0.3) is 11.2 Å². The molecule has 2 heterocycles. The van der Waals surface area contributed by atoms with Crippen LogP contribution in [-0.4, -0.2) is 36.9 Å². The molecule has 108 valence electrons. The summed E-state index contributed by atoms with van der Waals surface area (Å²) in [6, 6.07) is 0. The number of aromatic amines is 1. The first kappa shape index (κ1) is 13.2. The largest absolute Gasteiger partial charge is 0.481 e. The molecule has 8 nitrogen and oxygen atoms in total. The molecular weight excluding hydrogens is 274 g/mol. The number of allylic oxidation sites excluding steroid dienone is 2. The van der Waals surface area contributed by atoms with E-state index in [9.17, 15) is 14.7 Å². The van der Waals surface area contributed by atoms with Gasteiger partial charge in [-0.2, -0.15) is 0 Å². The van der Waals surface area contributed by atoms with E-state index in [1.54, 1.807) is 6.08 Å². The first-order valence-corrected chi connectivity index (χ1v) is 6.49. The molecule has 1 aliphatic rings. The molecule has 1 aliphatic carbocycles. The molecule has 1 amide bonds. The lowest BCUT2D eigenvalue weighted by molar-refractivity contribution is -0.146. The van der Waals surface area contributed by atoms with E-state index in [4.69, 9.17) is 0 Å². The Hall–Kier alpha value is -2.77. The summed E-state index contributed by atoms with van der Waals surface area (Å²) in [4.78, 5) is 38.4. The summed E-state index contributed by atoms with van der Waals surface area (Å²) in [6.07, 6.45) is 7.14. The maximum absolute atomic E-state index is 12.3. The van der Waals surface area contributed by atoms with E-state index < -0.39 is 17.8 Å². The van der Waals surface area contributed by atoms with Gasteiger partial charge in [0.15, 0.2) is 11.5 Å². The molecule has 3 rings (SSSR count). The summed E-state index contributed by atoms with van der Waals surface area (Å²) in [5, 5.41) is 11.9. The second kappa shape index (κ2) is 5.31. The lowest BCUT2D eigenvalue weighted by atomic mass is 9.82. The van der Waals surface area contributed by atoms with Gasteiger partial charge < -0.3 is 15.4 Å². The first-order valence-electron chi connectivity index (χ1n) is 6.49. The highest BCUT2D eigenvalue weighted by Crippen LogP contribution is 2.27. The van der Waals surface area contributed by atoms with Crippen LogP contribution in [0.15, 0.2) is 24.8 Å². The average Bonchev–Trinajstić information content (AvgIpc) is 2.96. The van der Waals surface area contributed by atoms with Crippen molar-refractivity contribution in [1.82, 2.24) is 19.9 Å². The number of carboxylic acid groups (broad SMARTS) is 1. The highest BCUT2D eigenvalue weighted by molar-refractivity contribution is 5.99. The van der Waals surface area contributed by atoms with Gasteiger partial charge in [0.05, 0.1) is 18.2 Å². The minimum atomic E-state index is -0.964. The fraction of sp³-hybridized carbons (Fsp3) is 0.308. The number of fused-ring (bicyclic) bond motifs is 1. The van der Waals surface area contributed by atoms with Gasteiger partial charge in [-0.25, -0.2) is 15.0 Å². The molecule has 8 heteroatoms. The molecule has 0 saturated heterocycles. The number of rotatable bonds is 3. The van der Waals surface area contributed by atoms with E-state index in [1.807, 2.05) is 6.08 Å². The van der Waals surface area contributed by atoms with Gasteiger partial charge in [-0.3, -0.25) is 9.59 Å². The number of hydrogen-bond acceptors (Lipinski definition) is 5. The SMILES string of the molecule is O=C(O)C1CC=CCC1C(=O)Nc1ncnc2nc[nH]c12. The minimum absolute atomic E-state index is 0.307. The van der Waals surface area contributed by atoms with Crippen molar-refractivity contribution < 1.29 is 14.7 Å². The third-order valence-electron chi connectivity index (χ3n) is 3.55. The Bertz CT molecular complexity index is 723. The molecule has 3 N–H and O–H groups in total. The molecule has 0 aliphatic heterocycles. The standard InChI is InChI=1S/C13H13N5O3/c19-12(7-3-1-2-4-8(7)13(20)21)18-11-9-10(15-5-14-9)16-6-17-11/h1-2,5-8H,3-4H2,(H,20,21)(H2,14,15,16,17,18,19). The third kappa shape index (κ3) is 2.47. The Morgan fingerprint density at radius 2 is 1.95 bits per heavy atom. The van der Waals surface area contributed by atoms with Crippen molar-refractivity contribution in [2.24, 2.45) is 11.8 Å². The Labute approximate surface area is 119 Å². The van der Waals surface area contributed by atoms with E-state index in [0.717, 1.165) is 0 Å². The summed E-state index contributed by atoms with van der Waals surface area (Å²) in [5.41, 5.74) is 0.961. The number of imidazole rings is 1. The van der Waals surface area contributed by atoms with Gasteiger partial charge in [-0.1, -0.05) is 12.2 Å². The van der Waals surface area contributed by atoms with Crippen LogP contribution in [0.1, 0.15) is 12.8 Å². The monoisotopic (exact) mass is 287 g/mol. The smallest absolute Gasteiger partial charge is 0.307 e. The number of carbonyl (C=O) groups excluding carboxylic acids is 1. The lowest BCUT2D eigenvalue weighted by Gasteiger charge is -2.23. The van der Waals surface area contributed by atoms with Crippen molar-refractivity contribution in [2.75, 3.05) is 5.32 Å². The van der Waals surface area contributed by atoms with Crippen molar-refractivity contribution in [3.8, 4) is 0 Å². The van der Waals surface area contributed by atoms with Crippen molar-refractivity contribution >= 4 is 28.9 Å². The van der Waals surface area contributed by atoms with Crippen molar-refractivity contribution in [1.29, 1.82) is 0 Å². The lowest BCUT2D eigenvalue weighted by Crippen LogP contribution is -2.35. The zero-order chi connectivity index (χ0) is 14.8. The van der Waals surface area contributed by atoms with E-state index in [2.05, 4.69) is 25.3 Å². The molecule has 21 heavy (non-hydrogen) atoms. The number of nitrogens with one attached hydrogen (secondary N) is 2. The Morgan fingerprint density at radius 3 is 2.71 bits per heavy atom. The second-order valence-corrected chi connectivity index (χ2v) is 4.81. The van der Waals surface area contributed by atoms with Crippen molar-refractivity contribution in [3.63, 3.8) is 0 Å². The summed E-state index contributed by atoms with van der Waals surface area (Å²) in [7, 11) is 0. The van der Waals surface area contributed by atoms with Crippen LogP contribution < -0.4 is 5.32 Å². The predicted octanol–water partition coefficient (Wildman–Crippen LogP) is 0.958. The Balaban J connectivity index is 1.84. The fourth-order valence-corrected chi connectivity index (χ4v) is 2.45. The quantitative estimate of drug-likeness (QED) is 0.723. The topological polar surface area (TPSA) is 121 Å². The Kier molecular flexibility index (Phi) is 3.35. The van der Waals surface area contributed by atoms with Gasteiger partial charge in [0, 0.05) is 0 Å². The maximum Gasteiger partial charge on any atom is 0.307 e. The molecule has 0 spiro atoms. The van der Waals surface area contributed by atoms with E-state index in [1.165, 1.54) is 12.7 Å². The van der Waals surface area contributed by atoms with E-state index in [0.29, 0.717) is 29.8 Å². The number of carbonyl (C=O) groups is 2. The highest BCUT2D eigenvalue weighted by Gasteiger charge is 2.34. The summed E-state index contributed by atoms with van der Waals surface area (Å²) in [5.74, 6) is -2.34. The number of aliphatic carboxylic acids is 1. The number of aromatic nitrogens is 4. The number of H-pyrrole nitrogens is 1. The number of carboxylic acids is 1. The number of amides is 1. The van der Waals surface area contributed by atoms with Crippen LogP contribution >= 0.6 is 0 Å². The molecule has 2 aromatic heterocycles. The molecule has 2 aromatic rings. The van der Waals surface area contributed by atoms with Gasteiger partial charge in [0.25, 0.3) is 0 Å². The molecule has 2 atom stereocenters.